The molecule has 0 amide bonds. The van der Waals surface area contributed by atoms with Crippen LogP contribution in [0, 0.1) is 11.8 Å². The van der Waals surface area contributed by atoms with Crippen LogP contribution in [-0.2, 0) is 34.9 Å². The van der Waals surface area contributed by atoms with Crippen molar-refractivity contribution in [3.8, 4) is 11.5 Å². The molecule has 2 fully saturated rings. The summed E-state index contributed by atoms with van der Waals surface area (Å²) in [6.45, 7) is 3.17. The van der Waals surface area contributed by atoms with E-state index < -0.39 is 105 Å². The van der Waals surface area contributed by atoms with E-state index in [1.54, 1.807) is 12.1 Å². The predicted octanol–water partition coefficient (Wildman–Crippen LogP) is -2.64. The van der Waals surface area contributed by atoms with E-state index >= 15 is 0 Å². The SMILES string of the molecule is C=C[C@H]1[C@H](O[C@@H]2O[C@H](CO[C@@H]3O[C@@H](CO)[C@H](O)[C@@H](O)[C@@H]3O)[C@@H](O)[C@H](O)[C@H]2O)OC=C(C(=O)O)[C@H]1C[C@@H]1NCCc2cc(OC)c(O)cc21. The number of aromatic hydroxyl groups is 1. The van der Waals surface area contributed by atoms with Crippen LogP contribution in [0.1, 0.15) is 23.6 Å². The van der Waals surface area contributed by atoms with Gasteiger partial charge in [0.15, 0.2) is 24.1 Å². The highest BCUT2D eigenvalue weighted by molar-refractivity contribution is 5.87. The van der Waals surface area contributed by atoms with Crippen LogP contribution < -0.4 is 10.1 Å². The third-order valence-electron chi connectivity index (χ3n) is 9.33. The van der Waals surface area contributed by atoms with Gasteiger partial charge < -0.3 is 79.7 Å². The van der Waals surface area contributed by atoms with Crippen LogP contribution in [0.2, 0.25) is 0 Å². The number of benzene rings is 1. The van der Waals surface area contributed by atoms with Gasteiger partial charge in [-0.3, -0.25) is 0 Å². The molecule has 0 aromatic heterocycles. The molecule has 0 spiro atoms. The van der Waals surface area contributed by atoms with Gasteiger partial charge in [0.2, 0.25) is 6.29 Å². The molecule has 0 bridgehead atoms. The van der Waals surface area contributed by atoms with Gasteiger partial charge in [-0.25, -0.2) is 4.79 Å². The van der Waals surface area contributed by atoms with Crippen LogP contribution in [0.5, 0.6) is 11.5 Å². The second-order valence-electron chi connectivity index (χ2n) is 12.2. The average Bonchev–Trinajstić information content (AvgIpc) is 3.07. The highest BCUT2D eigenvalue weighted by Gasteiger charge is 2.49. The van der Waals surface area contributed by atoms with Crippen molar-refractivity contribution in [3.05, 3.63) is 47.7 Å². The molecular weight excluding hydrogens is 642 g/mol. The summed E-state index contributed by atoms with van der Waals surface area (Å²) in [6, 6.07) is 2.93. The van der Waals surface area contributed by atoms with Crippen molar-refractivity contribution < 1.29 is 79.2 Å². The molecule has 1 aromatic carbocycles. The molecule has 17 nitrogen and oxygen atoms in total. The normalized spacial score (nSPS) is 39.9. The number of hydrogen-bond donors (Lipinski definition) is 10. The van der Waals surface area contributed by atoms with E-state index in [1.807, 2.05) is 0 Å². The zero-order chi connectivity index (χ0) is 34.9. The number of ether oxygens (including phenoxy) is 6. The van der Waals surface area contributed by atoms with Gasteiger partial charge in [0, 0.05) is 17.9 Å². The third-order valence-corrected chi connectivity index (χ3v) is 9.33. The maximum atomic E-state index is 12.3. The van der Waals surface area contributed by atoms with Crippen molar-refractivity contribution in [2.75, 3.05) is 26.9 Å². The van der Waals surface area contributed by atoms with E-state index in [2.05, 4.69) is 11.9 Å². The van der Waals surface area contributed by atoms with Gasteiger partial charge in [0.25, 0.3) is 0 Å². The van der Waals surface area contributed by atoms with Crippen molar-refractivity contribution in [3.63, 3.8) is 0 Å². The Morgan fingerprint density at radius 3 is 2.29 bits per heavy atom. The van der Waals surface area contributed by atoms with Gasteiger partial charge in [-0.2, -0.15) is 0 Å². The Labute approximate surface area is 275 Å². The van der Waals surface area contributed by atoms with E-state index in [4.69, 9.17) is 28.4 Å². The summed E-state index contributed by atoms with van der Waals surface area (Å²) in [6.07, 6.45) is -14.2. The van der Waals surface area contributed by atoms with E-state index in [-0.39, 0.29) is 17.7 Å². The van der Waals surface area contributed by atoms with Gasteiger partial charge in [-0.05, 0) is 42.6 Å². The Hall–Kier alpha value is -2.91. The van der Waals surface area contributed by atoms with E-state index in [9.17, 15) is 50.8 Å². The number of rotatable bonds is 11. The molecular formula is C31H43NO16. The lowest BCUT2D eigenvalue weighted by atomic mass is 9.77. The van der Waals surface area contributed by atoms with Crippen LogP contribution >= 0.6 is 0 Å². The highest BCUT2D eigenvalue weighted by Crippen LogP contribution is 2.42. The standard InChI is InChI=1S/C31H43NO16/c1-3-13-15(7-17-14-8-18(34)19(43-2)6-12(14)4-5-32-17)16(28(41)42)10-44-29(13)48-31-27(40)25(38)23(36)21(47-31)11-45-30-26(39)24(37)22(35)20(9-33)46-30/h3,6,8,10,13,15,17,20-27,29-40H,1,4-5,7,9,11H2,2H3,(H,41,42)/t13-,15+,17+,20+,21-,22+,23-,24-,25+,26+,27-,29+,30-,31+/m1/s1. The Morgan fingerprint density at radius 1 is 0.979 bits per heavy atom. The number of fused-ring (bicyclic) bond motifs is 1. The molecule has 4 heterocycles. The van der Waals surface area contributed by atoms with E-state index in [0.717, 1.165) is 17.4 Å². The van der Waals surface area contributed by atoms with E-state index in [0.29, 0.717) is 18.7 Å². The molecule has 48 heavy (non-hydrogen) atoms. The first-order valence-corrected chi connectivity index (χ1v) is 15.5. The molecule has 17 heteroatoms. The Bertz CT molecular complexity index is 1330. The monoisotopic (exact) mass is 685 g/mol. The highest BCUT2D eigenvalue weighted by atomic mass is 16.8. The molecule has 2 saturated heterocycles. The molecule has 268 valence electrons. The largest absolute Gasteiger partial charge is 0.504 e. The fourth-order valence-corrected chi connectivity index (χ4v) is 6.59. The minimum absolute atomic E-state index is 0.0679. The molecule has 4 aliphatic heterocycles. The number of carboxylic acid groups (broad SMARTS) is 1. The molecule has 14 atom stereocenters. The fraction of sp³-hybridized carbons (Fsp3) is 0.645. The lowest BCUT2D eigenvalue weighted by Crippen LogP contribution is -2.62. The fourth-order valence-electron chi connectivity index (χ4n) is 6.59. The quantitative estimate of drug-likeness (QED) is 0.107. The summed E-state index contributed by atoms with van der Waals surface area (Å²) < 4.78 is 33.3. The Morgan fingerprint density at radius 2 is 1.65 bits per heavy atom. The lowest BCUT2D eigenvalue weighted by Gasteiger charge is -2.44. The minimum Gasteiger partial charge on any atom is -0.504 e. The first-order chi connectivity index (χ1) is 22.9. The first-order valence-electron chi connectivity index (χ1n) is 15.5. The average molecular weight is 686 g/mol. The summed E-state index contributed by atoms with van der Waals surface area (Å²) in [5.74, 6) is -2.57. The maximum absolute atomic E-state index is 12.3. The topological polar surface area (TPSA) is 267 Å². The smallest absolute Gasteiger partial charge is 0.334 e. The number of aliphatic carboxylic acids is 1. The number of phenols is 1. The minimum atomic E-state index is -1.81. The van der Waals surface area contributed by atoms with Gasteiger partial charge in [0.1, 0.15) is 48.8 Å². The Kier molecular flexibility index (Phi) is 11.6. The number of methoxy groups -OCH3 is 1. The number of carbonyl (C=O) groups is 1. The number of hydrogen-bond acceptors (Lipinski definition) is 16. The summed E-state index contributed by atoms with van der Waals surface area (Å²) in [5.41, 5.74) is 1.62. The molecule has 1 aromatic rings. The van der Waals surface area contributed by atoms with Crippen molar-refractivity contribution in [2.45, 2.75) is 86.6 Å². The van der Waals surface area contributed by atoms with Crippen molar-refractivity contribution in [1.82, 2.24) is 5.32 Å². The van der Waals surface area contributed by atoms with Crippen molar-refractivity contribution in [1.29, 1.82) is 0 Å². The number of phenolic OH excluding ortho intramolecular Hbond substituents is 1. The molecule has 4 aliphatic rings. The molecule has 5 rings (SSSR count). The van der Waals surface area contributed by atoms with Gasteiger partial charge in [-0.15, -0.1) is 6.58 Å². The molecule has 10 N–H and O–H groups in total. The van der Waals surface area contributed by atoms with Gasteiger partial charge in [0.05, 0.1) is 32.2 Å². The zero-order valence-corrected chi connectivity index (χ0v) is 26.0. The van der Waals surface area contributed by atoms with Crippen LogP contribution in [0.3, 0.4) is 0 Å². The van der Waals surface area contributed by atoms with Crippen molar-refractivity contribution >= 4 is 5.97 Å². The second-order valence-corrected chi connectivity index (χ2v) is 12.2. The number of nitrogens with one attached hydrogen (secondary N) is 1. The van der Waals surface area contributed by atoms with Gasteiger partial charge >= 0.3 is 5.97 Å². The molecule has 0 radical (unpaired) electrons. The summed E-state index contributed by atoms with van der Waals surface area (Å²) in [7, 11) is 1.45. The lowest BCUT2D eigenvalue weighted by molar-refractivity contribution is -0.352. The van der Waals surface area contributed by atoms with Crippen LogP contribution in [-0.4, -0.2) is 146 Å². The predicted molar refractivity (Wildman–Crippen MR) is 159 cm³/mol. The summed E-state index contributed by atoms with van der Waals surface area (Å²) in [4.78, 5) is 12.3. The summed E-state index contributed by atoms with van der Waals surface area (Å²) >= 11 is 0. The molecule has 0 unspecified atom stereocenters. The number of aliphatic hydroxyl groups excluding tert-OH is 7. The van der Waals surface area contributed by atoms with Crippen LogP contribution in [0.25, 0.3) is 0 Å². The van der Waals surface area contributed by atoms with E-state index in [1.165, 1.54) is 13.2 Å². The first kappa shape index (κ1) is 36.4. The maximum Gasteiger partial charge on any atom is 0.334 e. The molecule has 0 saturated carbocycles. The zero-order valence-electron chi connectivity index (χ0n) is 26.0. The van der Waals surface area contributed by atoms with Crippen LogP contribution in [0.4, 0.5) is 0 Å². The number of carboxylic acids is 1. The second kappa shape index (κ2) is 15.3. The number of aliphatic hydroxyl groups is 7. The summed E-state index contributed by atoms with van der Waals surface area (Å²) in [5, 5.41) is 95.6. The third kappa shape index (κ3) is 7.18. The van der Waals surface area contributed by atoms with Gasteiger partial charge in [-0.1, -0.05) is 6.08 Å². The van der Waals surface area contributed by atoms with Crippen LogP contribution in [0.15, 0.2) is 36.6 Å². The van der Waals surface area contributed by atoms with Crippen molar-refractivity contribution in [2.24, 2.45) is 11.8 Å². The Balaban J connectivity index is 1.31. The molecule has 0 aliphatic carbocycles.